The van der Waals surface area contributed by atoms with E-state index < -0.39 is 0 Å². The third-order valence-corrected chi connectivity index (χ3v) is 3.84. The maximum absolute atomic E-state index is 5.97. The number of rotatable bonds is 4. The van der Waals surface area contributed by atoms with Crippen LogP contribution < -0.4 is 5.73 Å². The number of nitrogens with two attached hydrogens (primary N) is 1. The minimum Gasteiger partial charge on any atom is -0.330 e. The molecule has 0 heterocycles. The van der Waals surface area contributed by atoms with Gasteiger partial charge in [0.1, 0.15) is 0 Å². The first kappa shape index (κ1) is 13.8. The standard InChI is InChI=1S/C14H13Cl2NS/c15-11-7-12(16)9-14(8-11)18-13-3-1-10(2-4-13)5-6-17/h1-4,7-9H,5-6,17H2. The Morgan fingerprint density at radius 2 is 1.50 bits per heavy atom. The van der Waals surface area contributed by atoms with Gasteiger partial charge in [-0.1, -0.05) is 47.1 Å². The van der Waals surface area contributed by atoms with E-state index in [0.29, 0.717) is 16.6 Å². The molecule has 4 heteroatoms. The Hall–Kier alpha value is -0.670. The summed E-state index contributed by atoms with van der Waals surface area (Å²) in [6, 6.07) is 13.9. The average Bonchev–Trinajstić information content (AvgIpc) is 2.31. The average molecular weight is 298 g/mol. The van der Waals surface area contributed by atoms with Gasteiger partial charge in [0.15, 0.2) is 0 Å². The summed E-state index contributed by atoms with van der Waals surface area (Å²) in [5.41, 5.74) is 6.78. The third-order valence-electron chi connectivity index (χ3n) is 2.43. The van der Waals surface area contributed by atoms with Crippen molar-refractivity contribution in [1.82, 2.24) is 0 Å². The van der Waals surface area contributed by atoms with Gasteiger partial charge < -0.3 is 5.73 Å². The van der Waals surface area contributed by atoms with E-state index in [4.69, 9.17) is 28.9 Å². The summed E-state index contributed by atoms with van der Waals surface area (Å²) in [7, 11) is 0. The van der Waals surface area contributed by atoms with Gasteiger partial charge in [-0.3, -0.25) is 0 Å². The quantitative estimate of drug-likeness (QED) is 0.889. The van der Waals surface area contributed by atoms with E-state index in [9.17, 15) is 0 Å². The lowest BCUT2D eigenvalue weighted by atomic mass is 10.2. The highest BCUT2D eigenvalue weighted by atomic mass is 35.5. The van der Waals surface area contributed by atoms with Gasteiger partial charge in [0, 0.05) is 19.8 Å². The van der Waals surface area contributed by atoms with E-state index in [1.54, 1.807) is 17.8 Å². The van der Waals surface area contributed by atoms with Crippen LogP contribution in [0.5, 0.6) is 0 Å². The van der Waals surface area contributed by atoms with Crippen molar-refractivity contribution in [2.24, 2.45) is 5.73 Å². The van der Waals surface area contributed by atoms with Gasteiger partial charge >= 0.3 is 0 Å². The molecule has 2 rings (SSSR count). The van der Waals surface area contributed by atoms with E-state index in [-0.39, 0.29) is 0 Å². The molecule has 0 saturated heterocycles. The Morgan fingerprint density at radius 3 is 2.06 bits per heavy atom. The molecule has 0 amide bonds. The molecule has 2 N–H and O–H groups in total. The largest absolute Gasteiger partial charge is 0.330 e. The highest BCUT2D eigenvalue weighted by Crippen LogP contribution is 2.32. The maximum atomic E-state index is 5.97. The van der Waals surface area contributed by atoms with Crippen LogP contribution in [0.25, 0.3) is 0 Å². The molecule has 2 aromatic rings. The molecule has 1 nitrogen and oxygen atoms in total. The molecule has 0 unspecified atom stereocenters. The first-order chi connectivity index (χ1) is 8.67. The van der Waals surface area contributed by atoms with E-state index in [0.717, 1.165) is 16.2 Å². The fourth-order valence-electron chi connectivity index (χ4n) is 1.61. The highest BCUT2D eigenvalue weighted by Gasteiger charge is 2.01. The van der Waals surface area contributed by atoms with Crippen molar-refractivity contribution in [1.29, 1.82) is 0 Å². The summed E-state index contributed by atoms with van der Waals surface area (Å²) in [5.74, 6) is 0. The lowest BCUT2D eigenvalue weighted by Gasteiger charge is -2.04. The lowest BCUT2D eigenvalue weighted by molar-refractivity contribution is 0.966. The molecule has 0 fully saturated rings. The summed E-state index contributed by atoms with van der Waals surface area (Å²) in [4.78, 5) is 2.20. The molecule has 0 radical (unpaired) electrons. The van der Waals surface area contributed by atoms with Crippen LogP contribution in [0.3, 0.4) is 0 Å². The van der Waals surface area contributed by atoms with Crippen molar-refractivity contribution in [3.8, 4) is 0 Å². The molecular weight excluding hydrogens is 285 g/mol. The van der Waals surface area contributed by atoms with Crippen molar-refractivity contribution in [3.05, 3.63) is 58.1 Å². The van der Waals surface area contributed by atoms with Crippen LogP contribution >= 0.6 is 35.0 Å². The molecule has 0 bridgehead atoms. The second-order valence-electron chi connectivity index (χ2n) is 3.89. The molecule has 0 aromatic heterocycles. The van der Waals surface area contributed by atoms with Gasteiger partial charge in [0.05, 0.1) is 0 Å². The second kappa shape index (κ2) is 6.48. The van der Waals surface area contributed by atoms with Crippen LogP contribution in [0, 0.1) is 0 Å². The van der Waals surface area contributed by atoms with Gasteiger partial charge in [-0.2, -0.15) is 0 Å². The monoisotopic (exact) mass is 297 g/mol. The molecule has 94 valence electrons. The van der Waals surface area contributed by atoms with Crippen LogP contribution in [-0.4, -0.2) is 6.54 Å². The fourth-order valence-corrected chi connectivity index (χ4v) is 3.19. The zero-order valence-electron chi connectivity index (χ0n) is 9.70. The Morgan fingerprint density at radius 1 is 0.889 bits per heavy atom. The van der Waals surface area contributed by atoms with E-state index >= 15 is 0 Å². The number of benzene rings is 2. The Balaban J connectivity index is 2.13. The first-order valence-corrected chi connectivity index (χ1v) is 7.17. The van der Waals surface area contributed by atoms with Crippen molar-refractivity contribution in [2.45, 2.75) is 16.2 Å². The SMILES string of the molecule is NCCc1ccc(Sc2cc(Cl)cc(Cl)c2)cc1. The number of halogens is 2. The number of hydrogen-bond acceptors (Lipinski definition) is 2. The summed E-state index contributed by atoms with van der Waals surface area (Å²) >= 11 is 13.6. The van der Waals surface area contributed by atoms with Gasteiger partial charge in [-0.25, -0.2) is 0 Å². The predicted molar refractivity (Wildman–Crippen MR) is 79.8 cm³/mol. The lowest BCUT2D eigenvalue weighted by Crippen LogP contribution is -2.02. The van der Waals surface area contributed by atoms with Crippen LogP contribution in [0.2, 0.25) is 10.0 Å². The normalized spacial score (nSPS) is 10.6. The van der Waals surface area contributed by atoms with Gasteiger partial charge in [0.2, 0.25) is 0 Å². The second-order valence-corrected chi connectivity index (χ2v) is 5.91. The van der Waals surface area contributed by atoms with Gasteiger partial charge in [0.25, 0.3) is 0 Å². The van der Waals surface area contributed by atoms with Crippen LogP contribution in [0.4, 0.5) is 0 Å². The smallest absolute Gasteiger partial charge is 0.0432 e. The van der Waals surface area contributed by atoms with E-state index in [1.165, 1.54) is 5.56 Å². The van der Waals surface area contributed by atoms with Crippen molar-refractivity contribution >= 4 is 35.0 Å². The molecule has 18 heavy (non-hydrogen) atoms. The summed E-state index contributed by atoms with van der Waals surface area (Å²) in [6.45, 7) is 0.677. The first-order valence-electron chi connectivity index (χ1n) is 5.60. The Labute approximate surface area is 121 Å². The molecule has 0 aliphatic heterocycles. The molecule has 0 aliphatic carbocycles. The minimum absolute atomic E-state index is 0.657. The topological polar surface area (TPSA) is 26.0 Å². The zero-order chi connectivity index (χ0) is 13.0. The van der Waals surface area contributed by atoms with Crippen LogP contribution in [-0.2, 0) is 6.42 Å². The summed E-state index contributed by atoms with van der Waals surface area (Å²) < 4.78 is 0. The Bertz CT molecular complexity index is 506. The maximum Gasteiger partial charge on any atom is 0.0432 e. The fraction of sp³-hybridized carbons (Fsp3) is 0.143. The zero-order valence-corrected chi connectivity index (χ0v) is 12.0. The highest BCUT2D eigenvalue weighted by molar-refractivity contribution is 7.99. The van der Waals surface area contributed by atoms with Gasteiger partial charge in [-0.15, -0.1) is 0 Å². The van der Waals surface area contributed by atoms with E-state index in [1.807, 2.05) is 12.1 Å². The molecule has 0 atom stereocenters. The summed E-state index contributed by atoms with van der Waals surface area (Å²) in [6.07, 6.45) is 0.911. The van der Waals surface area contributed by atoms with Crippen LogP contribution in [0.1, 0.15) is 5.56 Å². The number of hydrogen-bond donors (Lipinski definition) is 1. The third kappa shape index (κ3) is 3.92. The molecule has 0 aliphatic rings. The Kier molecular flexibility index (Phi) is 4.95. The molecular formula is C14H13Cl2NS. The van der Waals surface area contributed by atoms with Crippen LogP contribution in [0.15, 0.2) is 52.3 Å². The molecule has 0 spiro atoms. The molecule has 2 aromatic carbocycles. The van der Waals surface area contributed by atoms with Gasteiger partial charge in [-0.05, 0) is 48.9 Å². The minimum atomic E-state index is 0.657. The predicted octanol–water partition coefficient (Wildman–Crippen LogP) is 4.65. The molecule has 0 saturated carbocycles. The van der Waals surface area contributed by atoms with Crippen molar-refractivity contribution < 1.29 is 0 Å². The van der Waals surface area contributed by atoms with Crippen molar-refractivity contribution in [2.75, 3.05) is 6.54 Å². The van der Waals surface area contributed by atoms with Crippen molar-refractivity contribution in [3.63, 3.8) is 0 Å². The van der Waals surface area contributed by atoms with E-state index in [2.05, 4.69) is 24.3 Å². The summed E-state index contributed by atoms with van der Waals surface area (Å²) in [5, 5.41) is 1.31.